The Morgan fingerprint density at radius 3 is 1.76 bits per heavy atom. The van der Waals surface area contributed by atoms with Crippen molar-refractivity contribution in [1.29, 1.82) is 0 Å². The van der Waals surface area contributed by atoms with Crippen LogP contribution in [-0.2, 0) is 27.1 Å². The zero-order valence-electron chi connectivity index (χ0n) is 50.4. The smallest absolute Gasteiger partial charge is 0.252 e. The molecule has 2 unspecified atom stereocenters. The lowest BCUT2D eigenvalue weighted by atomic mass is 9.33. The molecule has 0 radical (unpaired) electrons. The second-order valence-corrected chi connectivity index (χ2v) is 29.6. The molecule has 3 aliphatic heterocycles. The van der Waals surface area contributed by atoms with Crippen molar-refractivity contribution in [3.8, 4) is 11.1 Å². The van der Waals surface area contributed by atoms with Crippen molar-refractivity contribution in [2.75, 3.05) is 14.7 Å². The maximum Gasteiger partial charge on any atom is 0.252 e. The number of thiophene rings is 1. The molecular weight excluding hydrogens is 1010 g/mol. The minimum absolute atomic E-state index is 0.00895. The Balaban J connectivity index is 1.06. The summed E-state index contributed by atoms with van der Waals surface area (Å²) in [5.74, 6) is 0. The van der Waals surface area contributed by atoms with Crippen molar-refractivity contribution in [2.24, 2.45) is 0 Å². The van der Waals surface area contributed by atoms with Crippen molar-refractivity contribution in [3.05, 3.63) is 220 Å². The Morgan fingerprint density at radius 1 is 0.451 bits per heavy atom. The highest BCUT2D eigenvalue weighted by Gasteiger charge is 2.58. The van der Waals surface area contributed by atoms with Crippen molar-refractivity contribution < 1.29 is 0 Å². The molecule has 82 heavy (non-hydrogen) atoms. The van der Waals surface area contributed by atoms with E-state index < -0.39 is 0 Å². The standard InChI is InChI=1S/C77H76BN3S/c1-47-40-66-71-67(41-47)80(63-29-23-31-69-70(63)52-26-17-20-30-68(52)82-69)64-44-51(81-62-37-33-50(73(5,6)7)43-58(62)76(12)38-21-22-39-77(76,81)13)34-35-59(64)78(71)60-45-56-57(75(10,11)55-28-19-18-27-54(55)74(56,8)9)46-65(60)79(66)61-36-32-49(72(2,3)4)42-53(61)48-24-15-14-16-25-48/h14-20,23-37,40-46H,21-22,38-39H2,1-13H3. The summed E-state index contributed by atoms with van der Waals surface area (Å²) in [6, 6.07) is 69.5. The lowest BCUT2D eigenvalue weighted by Gasteiger charge is -2.51. The molecule has 3 nitrogen and oxygen atoms in total. The van der Waals surface area contributed by atoms with Gasteiger partial charge in [0.15, 0.2) is 0 Å². The maximum absolute atomic E-state index is 2.81. The molecule has 9 aromatic carbocycles. The van der Waals surface area contributed by atoms with Crippen LogP contribution in [0.5, 0.6) is 0 Å². The third-order valence-electron chi connectivity index (χ3n) is 21.0. The topological polar surface area (TPSA) is 9.72 Å². The van der Waals surface area contributed by atoms with Gasteiger partial charge in [0, 0.05) is 76.1 Å². The van der Waals surface area contributed by atoms with Crippen LogP contribution in [0.4, 0.5) is 45.5 Å². The number of hydrogen-bond donors (Lipinski definition) is 0. The maximum atomic E-state index is 2.81. The van der Waals surface area contributed by atoms with E-state index >= 15 is 0 Å². The first kappa shape index (κ1) is 51.5. The monoisotopic (exact) mass is 1090 g/mol. The van der Waals surface area contributed by atoms with E-state index in [1.165, 1.54) is 157 Å². The van der Waals surface area contributed by atoms with Crippen LogP contribution in [0.3, 0.4) is 0 Å². The van der Waals surface area contributed by atoms with E-state index in [0.717, 1.165) is 6.42 Å². The summed E-state index contributed by atoms with van der Waals surface area (Å²) < 4.78 is 2.63. The zero-order chi connectivity index (χ0) is 56.8. The van der Waals surface area contributed by atoms with E-state index in [-0.39, 0.29) is 39.3 Å². The Bertz CT molecular complexity index is 4340. The highest BCUT2D eigenvalue weighted by molar-refractivity contribution is 7.26. The number of rotatable bonds is 4. The summed E-state index contributed by atoms with van der Waals surface area (Å²) in [5.41, 5.74) is 27.1. The summed E-state index contributed by atoms with van der Waals surface area (Å²) in [4.78, 5) is 8.23. The SMILES string of the molecule is Cc1cc2c3c(c1)N(c1cccc4sc5ccccc5c14)c1cc(N4c5ccc(C(C)(C)C)cc5C5(C)CCCCC45C)ccc1B3c1cc3c(cc1N2c1ccc(C(C)(C)C)cc1-c1ccccc1)C(C)(C)c1ccccc1C3(C)C. The lowest BCUT2D eigenvalue weighted by molar-refractivity contribution is 0.195. The predicted molar refractivity (Wildman–Crippen MR) is 354 cm³/mol. The van der Waals surface area contributed by atoms with Crippen LogP contribution >= 0.6 is 11.3 Å². The molecule has 0 spiro atoms. The molecule has 10 aromatic rings. The van der Waals surface area contributed by atoms with Gasteiger partial charge in [0.2, 0.25) is 0 Å². The van der Waals surface area contributed by atoms with Gasteiger partial charge in [-0.15, -0.1) is 11.3 Å². The number of nitrogens with zero attached hydrogens (tertiary/aromatic N) is 3. The first-order valence-electron chi connectivity index (χ1n) is 30.3. The van der Waals surface area contributed by atoms with E-state index in [2.05, 4.69) is 281 Å². The average molecular weight is 1090 g/mol. The first-order valence-corrected chi connectivity index (χ1v) is 31.1. The predicted octanol–water partition coefficient (Wildman–Crippen LogP) is 19.4. The van der Waals surface area contributed by atoms with E-state index in [0.29, 0.717) is 0 Å². The van der Waals surface area contributed by atoms with E-state index in [1.807, 2.05) is 11.3 Å². The van der Waals surface area contributed by atoms with Crippen LogP contribution in [0.15, 0.2) is 176 Å². The molecule has 1 saturated carbocycles. The number of benzene rings is 9. The molecule has 408 valence electrons. The van der Waals surface area contributed by atoms with Gasteiger partial charge >= 0.3 is 0 Å². The Kier molecular flexibility index (Phi) is 10.9. The normalized spacial score (nSPS) is 20.0. The van der Waals surface area contributed by atoms with Gasteiger partial charge in [0.05, 0.1) is 16.9 Å². The van der Waals surface area contributed by atoms with Gasteiger partial charge in [-0.05, 0) is 171 Å². The molecule has 2 aliphatic carbocycles. The number of aryl methyl sites for hydroxylation is 1. The van der Waals surface area contributed by atoms with Gasteiger partial charge < -0.3 is 14.7 Å². The average Bonchev–Trinajstić information content (AvgIpc) is 2.47. The second-order valence-electron chi connectivity index (χ2n) is 28.5. The van der Waals surface area contributed by atoms with E-state index in [1.54, 1.807) is 0 Å². The quantitative estimate of drug-likeness (QED) is 0.163. The van der Waals surface area contributed by atoms with Crippen molar-refractivity contribution in [2.45, 2.75) is 148 Å². The zero-order valence-corrected chi connectivity index (χ0v) is 51.2. The summed E-state index contributed by atoms with van der Waals surface area (Å²) in [7, 11) is 0. The number of hydrogen-bond acceptors (Lipinski definition) is 4. The molecule has 5 aliphatic rings. The molecule has 15 rings (SSSR count). The molecule has 0 N–H and O–H groups in total. The molecule has 2 atom stereocenters. The van der Waals surface area contributed by atoms with Crippen LogP contribution in [0.1, 0.15) is 153 Å². The molecule has 0 bridgehead atoms. The second kappa shape index (κ2) is 17.4. The van der Waals surface area contributed by atoms with Gasteiger partial charge in [-0.25, -0.2) is 0 Å². The molecule has 0 amide bonds. The third kappa shape index (κ3) is 7.08. The summed E-state index contributed by atoms with van der Waals surface area (Å²) in [5, 5.41) is 2.62. The molecule has 0 saturated heterocycles. The van der Waals surface area contributed by atoms with E-state index in [9.17, 15) is 0 Å². The lowest BCUT2D eigenvalue weighted by Crippen LogP contribution is -2.62. The number of fused-ring (bicyclic) bond motifs is 12. The highest BCUT2D eigenvalue weighted by Crippen LogP contribution is 2.62. The largest absolute Gasteiger partial charge is 0.334 e. The Labute approximate surface area is 491 Å². The molecule has 5 heteroatoms. The van der Waals surface area contributed by atoms with Crippen LogP contribution in [0, 0.1) is 6.92 Å². The minimum Gasteiger partial charge on any atom is -0.334 e. The van der Waals surface area contributed by atoms with Crippen molar-refractivity contribution in [3.63, 3.8) is 0 Å². The van der Waals surface area contributed by atoms with Crippen LogP contribution in [-0.4, -0.2) is 12.3 Å². The molecule has 1 fully saturated rings. The van der Waals surface area contributed by atoms with Gasteiger partial charge in [-0.2, -0.15) is 0 Å². The Morgan fingerprint density at radius 2 is 1.05 bits per heavy atom. The van der Waals surface area contributed by atoms with Gasteiger partial charge in [0.1, 0.15) is 0 Å². The van der Waals surface area contributed by atoms with Crippen molar-refractivity contribution >= 4 is 100 Å². The fourth-order valence-electron chi connectivity index (χ4n) is 16.3. The van der Waals surface area contributed by atoms with Crippen LogP contribution in [0.2, 0.25) is 0 Å². The fourth-order valence-corrected chi connectivity index (χ4v) is 17.4. The third-order valence-corrected chi connectivity index (χ3v) is 22.1. The molecular formula is C77H76BN3S. The summed E-state index contributed by atoms with van der Waals surface area (Å²) in [6.07, 6.45) is 4.81. The van der Waals surface area contributed by atoms with Crippen molar-refractivity contribution in [1.82, 2.24) is 0 Å². The minimum atomic E-state index is -0.250. The van der Waals surface area contributed by atoms with Crippen LogP contribution < -0.4 is 31.1 Å². The number of anilines is 8. The summed E-state index contributed by atoms with van der Waals surface area (Å²) >= 11 is 1.91. The van der Waals surface area contributed by atoms with Crippen LogP contribution in [0.25, 0.3) is 31.3 Å². The highest BCUT2D eigenvalue weighted by atomic mass is 32.1. The van der Waals surface area contributed by atoms with Gasteiger partial charge in [0.25, 0.3) is 6.71 Å². The van der Waals surface area contributed by atoms with Gasteiger partial charge in [-0.1, -0.05) is 198 Å². The van der Waals surface area contributed by atoms with E-state index in [4.69, 9.17) is 0 Å². The first-order chi connectivity index (χ1) is 39.1. The molecule has 4 heterocycles. The fraction of sp³-hybridized carbons (Fsp3) is 0.299. The van der Waals surface area contributed by atoms with Gasteiger partial charge in [-0.3, -0.25) is 0 Å². The Hall–Kier alpha value is -7.34. The molecule has 1 aromatic heterocycles. The summed E-state index contributed by atoms with van der Waals surface area (Å²) in [6.45, 7) is 31.5.